The first-order valence-corrected chi connectivity index (χ1v) is 9.47. The number of nitrogens with zero attached hydrogens (tertiary/aromatic N) is 1. The number of aromatic hydroxyl groups is 1. The maximum atomic E-state index is 13.2. The lowest BCUT2D eigenvalue weighted by Crippen LogP contribution is -2.36. The Balaban J connectivity index is 1.48. The van der Waals surface area contributed by atoms with Crippen LogP contribution < -0.4 is 10.2 Å². The van der Waals surface area contributed by atoms with Gasteiger partial charge in [-0.15, -0.1) is 0 Å². The van der Waals surface area contributed by atoms with Gasteiger partial charge in [-0.05, 0) is 30.4 Å². The van der Waals surface area contributed by atoms with Crippen LogP contribution in [0.15, 0.2) is 65.9 Å². The Morgan fingerprint density at radius 1 is 1.18 bits per heavy atom. The van der Waals surface area contributed by atoms with Crippen LogP contribution in [0.4, 0.5) is 5.69 Å². The van der Waals surface area contributed by atoms with Gasteiger partial charge < -0.3 is 15.3 Å². The van der Waals surface area contributed by atoms with Crippen molar-refractivity contribution in [2.75, 3.05) is 11.4 Å². The zero-order valence-electron chi connectivity index (χ0n) is 15.5. The fraction of sp³-hybridized carbons (Fsp3) is 0.217. The second kappa shape index (κ2) is 6.09. The minimum Gasteiger partial charge on any atom is -0.507 e. The zero-order chi connectivity index (χ0) is 19.4. The summed E-state index contributed by atoms with van der Waals surface area (Å²) < 4.78 is 0. The monoisotopic (exact) mass is 372 g/mol. The van der Waals surface area contributed by atoms with Crippen LogP contribution >= 0.6 is 0 Å². The summed E-state index contributed by atoms with van der Waals surface area (Å²) in [4.78, 5) is 26.6. The standard InChI is InChI=1S/C23H20N2O3/c1-13(26)14-6-7-19-15(10-14)11-20(24-19)23(28)25-9-8-17-16-4-2-3-5-18(16)22(27)12-21(17)25/h2-7,10-12,15,19,24,27H,8-9H2,1H3. The van der Waals surface area contributed by atoms with Crippen LogP contribution in [-0.2, 0) is 16.0 Å². The van der Waals surface area contributed by atoms with Crippen LogP contribution in [-0.4, -0.2) is 29.4 Å². The van der Waals surface area contributed by atoms with Crippen molar-refractivity contribution in [3.8, 4) is 5.75 Å². The van der Waals surface area contributed by atoms with Crippen molar-refractivity contribution < 1.29 is 14.7 Å². The molecule has 0 aromatic heterocycles. The number of allylic oxidation sites excluding steroid dienone is 2. The largest absolute Gasteiger partial charge is 0.507 e. The van der Waals surface area contributed by atoms with Gasteiger partial charge in [0.05, 0.1) is 17.4 Å². The van der Waals surface area contributed by atoms with Gasteiger partial charge in [-0.25, -0.2) is 0 Å². The molecular formula is C23H20N2O3. The number of carbonyl (C=O) groups is 2. The van der Waals surface area contributed by atoms with E-state index in [1.807, 2.05) is 48.6 Å². The number of carbonyl (C=O) groups excluding carboxylic acids is 2. The lowest BCUT2D eigenvalue weighted by atomic mass is 9.92. The van der Waals surface area contributed by atoms with Gasteiger partial charge in [0.2, 0.25) is 0 Å². The molecule has 2 unspecified atom stereocenters. The highest BCUT2D eigenvalue weighted by molar-refractivity contribution is 6.09. The summed E-state index contributed by atoms with van der Waals surface area (Å²) in [5.41, 5.74) is 3.09. The average molecular weight is 372 g/mol. The fourth-order valence-electron chi connectivity index (χ4n) is 4.39. The minimum atomic E-state index is -0.103. The summed E-state index contributed by atoms with van der Waals surface area (Å²) in [7, 11) is 0. The average Bonchev–Trinajstić information content (AvgIpc) is 3.31. The smallest absolute Gasteiger partial charge is 0.274 e. The number of phenols is 1. The van der Waals surface area contributed by atoms with E-state index < -0.39 is 0 Å². The van der Waals surface area contributed by atoms with Crippen LogP contribution in [0, 0.1) is 5.92 Å². The van der Waals surface area contributed by atoms with Crippen LogP contribution in [0.2, 0.25) is 0 Å². The first kappa shape index (κ1) is 16.8. The van der Waals surface area contributed by atoms with Gasteiger partial charge in [-0.3, -0.25) is 9.59 Å². The molecule has 1 aliphatic carbocycles. The zero-order valence-corrected chi connectivity index (χ0v) is 15.5. The highest BCUT2D eigenvalue weighted by atomic mass is 16.3. The minimum absolute atomic E-state index is 0.00469. The number of amides is 1. The van der Waals surface area contributed by atoms with Crippen LogP contribution in [0.1, 0.15) is 12.5 Å². The molecule has 2 atom stereocenters. The maximum absolute atomic E-state index is 13.2. The molecule has 2 aromatic rings. The molecule has 1 amide bonds. The first-order valence-electron chi connectivity index (χ1n) is 9.47. The molecule has 3 aliphatic rings. The van der Waals surface area contributed by atoms with Gasteiger partial charge in [0.25, 0.3) is 5.91 Å². The number of hydrogen-bond acceptors (Lipinski definition) is 4. The van der Waals surface area contributed by atoms with Crippen molar-refractivity contribution in [3.63, 3.8) is 0 Å². The number of benzene rings is 2. The highest BCUT2D eigenvalue weighted by Crippen LogP contribution is 2.40. The number of hydrogen-bond donors (Lipinski definition) is 2. The number of fused-ring (bicyclic) bond motifs is 4. The van der Waals surface area contributed by atoms with E-state index >= 15 is 0 Å². The van der Waals surface area contributed by atoms with E-state index in [9.17, 15) is 14.7 Å². The predicted molar refractivity (Wildman–Crippen MR) is 108 cm³/mol. The van der Waals surface area contributed by atoms with Crippen molar-refractivity contribution in [1.29, 1.82) is 0 Å². The van der Waals surface area contributed by atoms with E-state index in [2.05, 4.69) is 5.32 Å². The molecule has 0 radical (unpaired) electrons. The molecule has 140 valence electrons. The van der Waals surface area contributed by atoms with E-state index in [0.717, 1.165) is 28.4 Å². The van der Waals surface area contributed by atoms with Gasteiger partial charge in [0.1, 0.15) is 5.75 Å². The Hall–Kier alpha value is -3.34. The molecule has 0 fully saturated rings. The Kier molecular flexibility index (Phi) is 3.66. The number of ketones is 1. The third-order valence-corrected chi connectivity index (χ3v) is 5.82. The topological polar surface area (TPSA) is 69.6 Å². The fourth-order valence-corrected chi connectivity index (χ4v) is 4.39. The number of nitrogens with one attached hydrogen (secondary N) is 1. The SMILES string of the molecule is CC(=O)C1=CC2C=C(C(=O)N3CCc4c3cc(O)c3ccccc43)NC2C=C1. The van der Waals surface area contributed by atoms with Crippen LogP contribution in [0.3, 0.4) is 0 Å². The van der Waals surface area contributed by atoms with Crippen molar-refractivity contribution in [2.24, 2.45) is 5.92 Å². The van der Waals surface area contributed by atoms with Crippen LogP contribution in [0.25, 0.3) is 10.8 Å². The molecule has 2 heterocycles. The van der Waals surface area contributed by atoms with Crippen molar-refractivity contribution >= 4 is 28.2 Å². The third-order valence-electron chi connectivity index (χ3n) is 5.82. The lowest BCUT2D eigenvalue weighted by Gasteiger charge is -2.21. The normalized spacial score (nSPS) is 22.4. The quantitative estimate of drug-likeness (QED) is 0.850. The molecular weight excluding hydrogens is 352 g/mol. The maximum Gasteiger partial charge on any atom is 0.274 e. The van der Waals surface area contributed by atoms with E-state index in [1.165, 1.54) is 0 Å². The van der Waals surface area contributed by atoms with E-state index in [1.54, 1.807) is 17.9 Å². The van der Waals surface area contributed by atoms with Crippen LogP contribution in [0.5, 0.6) is 5.75 Å². The van der Waals surface area contributed by atoms with Gasteiger partial charge >= 0.3 is 0 Å². The highest BCUT2D eigenvalue weighted by Gasteiger charge is 2.34. The van der Waals surface area contributed by atoms with Gasteiger partial charge in [0.15, 0.2) is 5.78 Å². The van der Waals surface area contributed by atoms with Gasteiger partial charge in [-0.1, -0.05) is 42.5 Å². The molecule has 0 spiro atoms. The van der Waals surface area contributed by atoms with Gasteiger partial charge in [0, 0.05) is 29.5 Å². The molecule has 2 N–H and O–H groups in total. The first-order chi connectivity index (χ1) is 13.5. The second-order valence-corrected chi connectivity index (χ2v) is 7.51. The number of phenolic OH excluding ortho intramolecular Hbond substituents is 1. The molecule has 5 rings (SSSR count). The Labute approximate surface area is 162 Å². The third kappa shape index (κ3) is 2.47. The summed E-state index contributed by atoms with van der Waals surface area (Å²) in [6.45, 7) is 2.13. The summed E-state index contributed by atoms with van der Waals surface area (Å²) in [5.74, 6) is 0.107. The van der Waals surface area contributed by atoms with E-state index in [4.69, 9.17) is 0 Å². The molecule has 28 heavy (non-hydrogen) atoms. The summed E-state index contributed by atoms with van der Waals surface area (Å²) in [6.07, 6.45) is 8.33. The molecule has 0 saturated carbocycles. The summed E-state index contributed by atoms with van der Waals surface area (Å²) in [6, 6.07) is 9.42. The van der Waals surface area contributed by atoms with E-state index in [0.29, 0.717) is 17.8 Å². The number of anilines is 1. The lowest BCUT2D eigenvalue weighted by molar-refractivity contribution is -0.115. The van der Waals surface area contributed by atoms with E-state index in [-0.39, 0.29) is 29.4 Å². The van der Waals surface area contributed by atoms with Crippen molar-refractivity contribution in [3.05, 3.63) is 71.5 Å². The molecule has 0 saturated heterocycles. The Morgan fingerprint density at radius 3 is 2.75 bits per heavy atom. The second-order valence-electron chi connectivity index (χ2n) is 7.51. The molecule has 0 bridgehead atoms. The predicted octanol–water partition coefficient (Wildman–Crippen LogP) is 2.99. The van der Waals surface area contributed by atoms with Gasteiger partial charge in [-0.2, -0.15) is 0 Å². The molecule has 5 nitrogen and oxygen atoms in total. The molecule has 5 heteroatoms. The Bertz CT molecular complexity index is 1130. The van der Waals surface area contributed by atoms with Crippen molar-refractivity contribution in [1.82, 2.24) is 5.32 Å². The molecule has 2 aromatic carbocycles. The summed E-state index contributed by atoms with van der Waals surface area (Å²) >= 11 is 0. The number of Topliss-reactive ketones (excluding diaryl/α,β-unsaturated/α-hetero) is 1. The molecule has 2 aliphatic heterocycles. The van der Waals surface area contributed by atoms with Crippen molar-refractivity contribution in [2.45, 2.75) is 19.4 Å². The summed E-state index contributed by atoms with van der Waals surface area (Å²) in [5, 5.41) is 15.5. The Morgan fingerprint density at radius 2 is 1.96 bits per heavy atom. The number of rotatable bonds is 2.